The molecule has 0 aromatic rings. The van der Waals surface area contributed by atoms with Crippen LogP contribution in [0.4, 0.5) is 0 Å². The van der Waals surface area contributed by atoms with Crippen molar-refractivity contribution in [2.45, 2.75) is 32.2 Å². The van der Waals surface area contributed by atoms with Crippen molar-refractivity contribution in [1.82, 2.24) is 14.7 Å². The second-order valence-electron chi connectivity index (χ2n) is 7.09. The van der Waals surface area contributed by atoms with Crippen molar-refractivity contribution < 1.29 is 9.59 Å². The van der Waals surface area contributed by atoms with Gasteiger partial charge in [-0.2, -0.15) is 0 Å². The summed E-state index contributed by atoms with van der Waals surface area (Å²) in [6.45, 7) is 5.69. The molecule has 0 spiro atoms. The summed E-state index contributed by atoms with van der Waals surface area (Å²) in [7, 11) is 3.98. The lowest BCUT2D eigenvalue weighted by Crippen LogP contribution is -2.47. The highest BCUT2D eigenvalue weighted by molar-refractivity contribution is 5.89. The second kappa shape index (κ2) is 10.4. The molecular weight excluding hydrogens is 351 g/mol. The lowest BCUT2D eigenvalue weighted by molar-refractivity contribution is -0.137. The predicted molar refractivity (Wildman–Crippen MR) is 101 cm³/mol. The minimum absolute atomic E-state index is 0. The Morgan fingerprint density at radius 2 is 2.00 bits per heavy atom. The van der Waals surface area contributed by atoms with Crippen LogP contribution >= 0.6 is 24.8 Å². The number of likely N-dealkylation sites (N-methyl/N-ethyl adjacent to an activating group) is 1. The molecule has 2 fully saturated rings. The fraction of sp³-hybridized carbons (Fsp3) is 0.875. The first-order valence-electron chi connectivity index (χ1n) is 8.35. The molecule has 24 heavy (non-hydrogen) atoms. The SMILES string of the molecule is CC(N)C1CCCN(C(=O)C2CC(=O)N(CCN(C)C)C2)C1.Cl.Cl. The third kappa shape index (κ3) is 6.06. The van der Waals surface area contributed by atoms with Gasteiger partial charge in [-0.1, -0.05) is 0 Å². The fourth-order valence-corrected chi connectivity index (χ4v) is 3.37. The summed E-state index contributed by atoms with van der Waals surface area (Å²) < 4.78 is 0. The average Bonchev–Trinajstić information content (AvgIpc) is 2.85. The van der Waals surface area contributed by atoms with Crippen LogP contribution in [-0.2, 0) is 9.59 Å². The zero-order chi connectivity index (χ0) is 16.3. The van der Waals surface area contributed by atoms with Crippen LogP contribution in [0.5, 0.6) is 0 Å². The van der Waals surface area contributed by atoms with E-state index in [0.717, 1.165) is 32.5 Å². The minimum Gasteiger partial charge on any atom is -0.342 e. The summed E-state index contributed by atoms with van der Waals surface area (Å²) in [5.74, 6) is 0.480. The molecule has 0 aliphatic carbocycles. The van der Waals surface area contributed by atoms with E-state index in [9.17, 15) is 9.59 Å². The van der Waals surface area contributed by atoms with Gasteiger partial charge < -0.3 is 20.4 Å². The molecule has 3 atom stereocenters. The van der Waals surface area contributed by atoms with Crippen LogP contribution in [-0.4, -0.2) is 79.4 Å². The van der Waals surface area contributed by atoms with Gasteiger partial charge in [-0.25, -0.2) is 0 Å². The molecule has 2 heterocycles. The molecule has 0 radical (unpaired) electrons. The van der Waals surface area contributed by atoms with E-state index in [-0.39, 0.29) is 48.6 Å². The van der Waals surface area contributed by atoms with Gasteiger partial charge in [-0.05, 0) is 39.8 Å². The number of hydrogen-bond donors (Lipinski definition) is 1. The van der Waals surface area contributed by atoms with E-state index >= 15 is 0 Å². The number of carbonyl (C=O) groups excluding carboxylic acids is 2. The highest BCUT2D eigenvalue weighted by Gasteiger charge is 2.37. The van der Waals surface area contributed by atoms with Gasteiger partial charge in [0.25, 0.3) is 0 Å². The number of amides is 2. The Hall–Kier alpha value is -0.560. The van der Waals surface area contributed by atoms with E-state index < -0.39 is 0 Å². The quantitative estimate of drug-likeness (QED) is 0.764. The van der Waals surface area contributed by atoms with Gasteiger partial charge in [0.05, 0.1) is 5.92 Å². The van der Waals surface area contributed by atoms with Crippen LogP contribution in [0.15, 0.2) is 0 Å². The molecule has 142 valence electrons. The summed E-state index contributed by atoms with van der Waals surface area (Å²) in [6.07, 6.45) is 2.48. The maximum atomic E-state index is 12.7. The van der Waals surface area contributed by atoms with Crippen molar-refractivity contribution in [2.24, 2.45) is 17.6 Å². The Kier molecular flexibility index (Phi) is 10.2. The number of halogens is 2. The van der Waals surface area contributed by atoms with E-state index in [0.29, 0.717) is 25.4 Å². The summed E-state index contributed by atoms with van der Waals surface area (Å²) in [6, 6.07) is 0.123. The topological polar surface area (TPSA) is 69.9 Å². The van der Waals surface area contributed by atoms with E-state index in [1.807, 2.05) is 30.8 Å². The van der Waals surface area contributed by atoms with E-state index in [2.05, 4.69) is 4.90 Å². The summed E-state index contributed by atoms with van der Waals surface area (Å²) in [5, 5.41) is 0. The Bertz CT molecular complexity index is 421. The molecule has 0 bridgehead atoms. The number of rotatable bonds is 5. The highest BCUT2D eigenvalue weighted by Crippen LogP contribution is 2.24. The van der Waals surface area contributed by atoms with Crippen LogP contribution in [0.2, 0.25) is 0 Å². The minimum atomic E-state index is -0.165. The molecule has 0 aromatic carbocycles. The largest absolute Gasteiger partial charge is 0.342 e. The number of nitrogens with zero attached hydrogens (tertiary/aromatic N) is 3. The number of nitrogens with two attached hydrogens (primary N) is 1. The van der Waals surface area contributed by atoms with Crippen LogP contribution in [0.1, 0.15) is 26.2 Å². The Morgan fingerprint density at radius 3 is 2.58 bits per heavy atom. The van der Waals surface area contributed by atoms with Gasteiger partial charge >= 0.3 is 0 Å². The summed E-state index contributed by atoms with van der Waals surface area (Å²) in [4.78, 5) is 30.6. The van der Waals surface area contributed by atoms with Crippen molar-refractivity contribution in [2.75, 3.05) is 46.8 Å². The number of carbonyl (C=O) groups is 2. The Morgan fingerprint density at radius 1 is 1.33 bits per heavy atom. The van der Waals surface area contributed by atoms with Gasteiger partial charge in [0.15, 0.2) is 0 Å². The maximum absolute atomic E-state index is 12.7. The Labute approximate surface area is 157 Å². The molecule has 6 nitrogen and oxygen atoms in total. The van der Waals surface area contributed by atoms with Crippen molar-refractivity contribution in [3.05, 3.63) is 0 Å². The first kappa shape index (κ1) is 23.4. The number of hydrogen-bond acceptors (Lipinski definition) is 4. The van der Waals surface area contributed by atoms with Gasteiger partial charge in [-0.15, -0.1) is 24.8 Å². The second-order valence-corrected chi connectivity index (χ2v) is 7.09. The molecule has 2 aliphatic heterocycles. The predicted octanol–water partition coefficient (Wildman–Crippen LogP) is 0.826. The van der Waals surface area contributed by atoms with Gasteiger partial charge in [0, 0.05) is 45.2 Å². The zero-order valence-corrected chi connectivity index (χ0v) is 16.6. The zero-order valence-electron chi connectivity index (χ0n) is 14.9. The number of likely N-dealkylation sites (tertiary alicyclic amines) is 2. The highest BCUT2D eigenvalue weighted by atomic mass is 35.5. The van der Waals surface area contributed by atoms with E-state index in [1.54, 1.807) is 0 Å². The van der Waals surface area contributed by atoms with Crippen molar-refractivity contribution in [3.63, 3.8) is 0 Å². The smallest absolute Gasteiger partial charge is 0.228 e. The van der Waals surface area contributed by atoms with E-state index in [1.165, 1.54) is 0 Å². The molecule has 2 N–H and O–H groups in total. The number of piperidine rings is 1. The summed E-state index contributed by atoms with van der Waals surface area (Å²) >= 11 is 0. The molecule has 2 saturated heterocycles. The molecule has 2 rings (SSSR count). The first-order valence-corrected chi connectivity index (χ1v) is 8.35. The van der Waals surface area contributed by atoms with Crippen molar-refractivity contribution >= 4 is 36.6 Å². The van der Waals surface area contributed by atoms with Gasteiger partial charge in [0.2, 0.25) is 11.8 Å². The Balaban J connectivity index is 0.00000264. The fourth-order valence-electron chi connectivity index (χ4n) is 3.37. The van der Waals surface area contributed by atoms with Gasteiger partial charge in [0.1, 0.15) is 0 Å². The summed E-state index contributed by atoms with van der Waals surface area (Å²) in [5.41, 5.74) is 5.99. The molecule has 2 aliphatic rings. The van der Waals surface area contributed by atoms with Crippen LogP contribution in [0.3, 0.4) is 0 Å². The maximum Gasteiger partial charge on any atom is 0.228 e. The molecular formula is C16H32Cl2N4O2. The van der Waals surface area contributed by atoms with Crippen molar-refractivity contribution in [1.29, 1.82) is 0 Å². The molecule has 8 heteroatoms. The van der Waals surface area contributed by atoms with E-state index in [4.69, 9.17) is 5.73 Å². The molecule has 0 saturated carbocycles. The molecule has 0 aromatic heterocycles. The van der Waals surface area contributed by atoms with Crippen molar-refractivity contribution in [3.8, 4) is 0 Å². The normalized spacial score (nSPS) is 25.3. The lowest BCUT2D eigenvalue weighted by atomic mass is 9.91. The van der Waals surface area contributed by atoms with Crippen LogP contribution in [0.25, 0.3) is 0 Å². The standard InChI is InChI=1S/C16H30N4O2.2ClH/c1-12(17)13-5-4-6-20(10-13)16(22)14-9-15(21)19(11-14)8-7-18(2)3;;/h12-14H,4-11,17H2,1-3H3;2*1H. The van der Waals surface area contributed by atoms with Crippen LogP contribution < -0.4 is 5.73 Å². The third-order valence-electron chi connectivity index (χ3n) is 4.89. The molecule has 3 unspecified atom stereocenters. The first-order chi connectivity index (χ1) is 10.4. The van der Waals surface area contributed by atoms with Crippen LogP contribution in [0, 0.1) is 11.8 Å². The third-order valence-corrected chi connectivity index (χ3v) is 4.89. The lowest BCUT2D eigenvalue weighted by Gasteiger charge is -2.35. The monoisotopic (exact) mass is 382 g/mol. The average molecular weight is 383 g/mol. The molecule has 2 amide bonds. The van der Waals surface area contributed by atoms with Gasteiger partial charge in [-0.3, -0.25) is 9.59 Å².